The molecule has 0 aliphatic carbocycles. The van der Waals surface area contributed by atoms with E-state index in [9.17, 15) is 13.2 Å². The lowest BCUT2D eigenvalue weighted by Gasteiger charge is -2.31. The summed E-state index contributed by atoms with van der Waals surface area (Å²) in [4.78, 5) is 22.6. The molecule has 130 valence electrons. The molecule has 0 spiro atoms. The maximum Gasteiger partial charge on any atom is 0.279 e. The lowest BCUT2D eigenvalue weighted by Crippen LogP contribution is -2.46. The zero-order valence-corrected chi connectivity index (χ0v) is 14.5. The molecule has 0 unspecified atom stereocenters. The molecule has 11 heteroatoms. The number of halogens is 1. The molecule has 0 radical (unpaired) electrons. The Balaban J connectivity index is 1.70. The second kappa shape index (κ2) is 6.63. The third-order valence-corrected chi connectivity index (χ3v) is 5.77. The van der Waals surface area contributed by atoms with E-state index in [0.717, 1.165) is 0 Å². The summed E-state index contributed by atoms with van der Waals surface area (Å²) < 4.78 is 27.2. The second-order valence-corrected chi connectivity index (χ2v) is 7.75. The molecule has 9 nitrogen and oxygen atoms in total. The van der Waals surface area contributed by atoms with Crippen LogP contribution in [-0.2, 0) is 10.2 Å². The Labute approximate surface area is 143 Å². The van der Waals surface area contributed by atoms with Gasteiger partial charge in [-0.1, -0.05) is 11.6 Å². The Kier molecular flexibility index (Phi) is 4.72. The minimum Gasteiger partial charge on any atom is -0.351 e. The van der Waals surface area contributed by atoms with Crippen LogP contribution in [0.15, 0.2) is 17.1 Å². The van der Waals surface area contributed by atoms with E-state index >= 15 is 0 Å². The van der Waals surface area contributed by atoms with Crippen molar-refractivity contribution >= 4 is 38.8 Å². The number of piperidine rings is 1. The summed E-state index contributed by atoms with van der Waals surface area (Å²) in [6.07, 6.45) is 2.85. The van der Waals surface area contributed by atoms with Gasteiger partial charge in [0.05, 0.1) is 0 Å². The fourth-order valence-corrected chi connectivity index (χ4v) is 3.70. The van der Waals surface area contributed by atoms with E-state index in [1.807, 2.05) is 0 Å². The number of aromatic amines is 1. The van der Waals surface area contributed by atoms with Gasteiger partial charge in [0.1, 0.15) is 10.7 Å². The minimum atomic E-state index is -3.38. The van der Waals surface area contributed by atoms with Crippen LogP contribution < -0.4 is 15.6 Å². The Bertz CT molecular complexity index is 908. The van der Waals surface area contributed by atoms with Crippen molar-refractivity contribution in [2.24, 2.45) is 0 Å². The van der Waals surface area contributed by atoms with Crippen LogP contribution >= 0.6 is 11.6 Å². The molecule has 24 heavy (non-hydrogen) atoms. The van der Waals surface area contributed by atoms with Crippen molar-refractivity contribution in [3.05, 3.63) is 27.6 Å². The molecule has 3 rings (SSSR count). The van der Waals surface area contributed by atoms with Crippen LogP contribution in [0.4, 0.5) is 5.95 Å². The molecule has 1 saturated heterocycles. The molecule has 2 aromatic heterocycles. The summed E-state index contributed by atoms with van der Waals surface area (Å²) in [6, 6.07) is 1.57. The fraction of sp³-hybridized carbons (Fsp3) is 0.462. The summed E-state index contributed by atoms with van der Waals surface area (Å²) in [5.74, 6) is 0.385. The maximum absolute atomic E-state index is 11.8. The van der Waals surface area contributed by atoms with Gasteiger partial charge in [0.15, 0.2) is 0 Å². The fourth-order valence-electron chi connectivity index (χ4n) is 2.59. The number of fused-ring (bicyclic) bond motifs is 1. The van der Waals surface area contributed by atoms with Crippen molar-refractivity contribution in [3.63, 3.8) is 0 Å². The second-order valence-electron chi connectivity index (χ2n) is 5.47. The lowest BCUT2D eigenvalue weighted by molar-refractivity contribution is 0.326. The van der Waals surface area contributed by atoms with E-state index in [0.29, 0.717) is 42.9 Å². The van der Waals surface area contributed by atoms with Gasteiger partial charge in [-0.15, -0.1) is 0 Å². The highest BCUT2D eigenvalue weighted by Gasteiger charge is 2.27. The number of anilines is 1. The van der Waals surface area contributed by atoms with E-state index < -0.39 is 15.8 Å². The first-order chi connectivity index (χ1) is 11.4. The van der Waals surface area contributed by atoms with Gasteiger partial charge in [-0.3, -0.25) is 4.79 Å². The highest BCUT2D eigenvalue weighted by Crippen LogP contribution is 2.18. The molecule has 0 saturated carbocycles. The smallest absolute Gasteiger partial charge is 0.279 e. The molecule has 0 bridgehead atoms. The predicted molar refractivity (Wildman–Crippen MR) is 91.4 cm³/mol. The van der Waals surface area contributed by atoms with Crippen molar-refractivity contribution < 1.29 is 8.42 Å². The normalized spacial score (nSPS) is 17.2. The first-order valence-corrected chi connectivity index (χ1v) is 9.21. The zero-order chi connectivity index (χ0) is 17.3. The molecule has 1 aliphatic heterocycles. The lowest BCUT2D eigenvalue weighted by atomic mass is 10.1. The number of aromatic nitrogens is 3. The highest BCUT2D eigenvalue weighted by molar-refractivity contribution is 7.87. The van der Waals surface area contributed by atoms with Crippen molar-refractivity contribution in [2.45, 2.75) is 18.9 Å². The van der Waals surface area contributed by atoms with Gasteiger partial charge in [0, 0.05) is 37.8 Å². The maximum atomic E-state index is 11.8. The molecule has 3 N–H and O–H groups in total. The quantitative estimate of drug-likeness (QED) is 0.710. The van der Waals surface area contributed by atoms with Gasteiger partial charge in [0.25, 0.3) is 15.8 Å². The van der Waals surface area contributed by atoms with Gasteiger partial charge in [-0.2, -0.15) is 17.7 Å². The van der Waals surface area contributed by atoms with Crippen molar-refractivity contribution in [2.75, 3.05) is 25.5 Å². The van der Waals surface area contributed by atoms with E-state index in [2.05, 4.69) is 25.0 Å². The number of H-pyrrole nitrogens is 1. The Morgan fingerprint density at radius 1 is 1.38 bits per heavy atom. The monoisotopic (exact) mass is 372 g/mol. The Morgan fingerprint density at radius 3 is 2.75 bits per heavy atom. The summed E-state index contributed by atoms with van der Waals surface area (Å²) in [7, 11) is -1.98. The Hall–Kier alpha value is -1.75. The summed E-state index contributed by atoms with van der Waals surface area (Å²) in [6.45, 7) is 0.835. The van der Waals surface area contributed by atoms with Crippen LogP contribution in [-0.4, -0.2) is 53.9 Å². The summed E-state index contributed by atoms with van der Waals surface area (Å²) in [5.41, 5.74) is -0.00325. The number of nitrogens with one attached hydrogen (secondary N) is 3. The van der Waals surface area contributed by atoms with Gasteiger partial charge >= 0.3 is 0 Å². The van der Waals surface area contributed by atoms with E-state index in [4.69, 9.17) is 11.6 Å². The highest BCUT2D eigenvalue weighted by atomic mass is 35.5. The van der Waals surface area contributed by atoms with Crippen LogP contribution in [0.1, 0.15) is 12.8 Å². The van der Waals surface area contributed by atoms with Gasteiger partial charge in [0.2, 0.25) is 5.95 Å². The van der Waals surface area contributed by atoms with Crippen LogP contribution in [0.25, 0.3) is 11.0 Å². The number of hydrogen-bond acceptors (Lipinski definition) is 6. The molecular weight excluding hydrogens is 356 g/mol. The van der Waals surface area contributed by atoms with Gasteiger partial charge in [-0.05, 0) is 18.9 Å². The molecule has 2 aromatic rings. The number of hydrogen-bond donors (Lipinski definition) is 3. The predicted octanol–water partition coefficient (Wildman–Crippen LogP) is 0.312. The number of rotatable bonds is 4. The molecule has 1 aliphatic rings. The standard InChI is InChI=1S/C13H17ClN6O3S/c1-15-24(22,23)20-4-2-9(3-5-20)17-13-16-7-8-6-10(14)12(21)18-11(8)19-13/h6-7,9,15H,2-5H2,1H3,(H2,16,17,18,19,21). The van der Waals surface area contributed by atoms with Crippen molar-refractivity contribution in [1.29, 1.82) is 0 Å². The first kappa shape index (κ1) is 17.1. The van der Waals surface area contributed by atoms with E-state index in [1.165, 1.54) is 17.4 Å². The average molecular weight is 373 g/mol. The molecule has 3 heterocycles. The third-order valence-electron chi connectivity index (χ3n) is 3.93. The summed E-state index contributed by atoms with van der Waals surface area (Å²) in [5, 5.41) is 3.90. The topological polar surface area (TPSA) is 120 Å². The molecule has 1 fully saturated rings. The van der Waals surface area contributed by atoms with Crippen LogP contribution in [0.2, 0.25) is 5.02 Å². The largest absolute Gasteiger partial charge is 0.351 e. The molecular formula is C13H17ClN6O3S. The van der Waals surface area contributed by atoms with Crippen molar-refractivity contribution in [3.8, 4) is 0 Å². The third kappa shape index (κ3) is 3.51. The van der Waals surface area contributed by atoms with Crippen LogP contribution in [0.5, 0.6) is 0 Å². The van der Waals surface area contributed by atoms with Crippen LogP contribution in [0.3, 0.4) is 0 Å². The first-order valence-electron chi connectivity index (χ1n) is 7.40. The minimum absolute atomic E-state index is 0.0600. The number of pyridine rings is 1. The van der Waals surface area contributed by atoms with Gasteiger partial charge < -0.3 is 10.3 Å². The van der Waals surface area contributed by atoms with E-state index in [-0.39, 0.29) is 11.1 Å². The van der Waals surface area contributed by atoms with E-state index in [1.54, 1.807) is 6.20 Å². The van der Waals surface area contributed by atoms with Gasteiger partial charge in [-0.25, -0.2) is 9.71 Å². The SMILES string of the molecule is CNS(=O)(=O)N1CCC(Nc2ncc3cc(Cl)c(=O)[nH]c3n2)CC1. The molecule has 0 atom stereocenters. The Morgan fingerprint density at radius 2 is 2.08 bits per heavy atom. The summed E-state index contributed by atoms with van der Waals surface area (Å²) >= 11 is 5.77. The zero-order valence-electron chi connectivity index (χ0n) is 12.9. The number of nitrogens with zero attached hydrogens (tertiary/aromatic N) is 3. The molecule has 0 aromatic carbocycles. The van der Waals surface area contributed by atoms with Crippen LogP contribution in [0, 0.1) is 0 Å². The molecule has 0 amide bonds. The van der Waals surface area contributed by atoms with Crippen molar-refractivity contribution in [1.82, 2.24) is 24.0 Å². The average Bonchev–Trinajstić information content (AvgIpc) is 2.57.